The summed E-state index contributed by atoms with van der Waals surface area (Å²) in [5.74, 6) is -3.74. The van der Waals surface area contributed by atoms with Gasteiger partial charge in [-0.25, -0.2) is 18.0 Å². The molecule has 0 bridgehead atoms. The predicted octanol–water partition coefficient (Wildman–Crippen LogP) is 3.09. The van der Waals surface area contributed by atoms with E-state index in [-0.39, 0.29) is 19.0 Å². The lowest BCUT2D eigenvalue weighted by Crippen LogP contribution is -2.56. The number of carbonyl (C=O) groups is 2. The average Bonchev–Trinajstić information content (AvgIpc) is 2.78. The molecule has 7 nitrogen and oxygen atoms in total. The number of hydrogen-bond donors (Lipinski definition) is 1. The van der Waals surface area contributed by atoms with E-state index in [2.05, 4.69) is 5.32 Å². The highest BCUT2D eigenvalue weighted by Crippen LogP contribution is 2.39. The van der Waals surface area contributed by atoms with E-state index < -0.39 is 35.2 Å². The number of halogens is 3. The van der Waals surface area contributed by atoms with E-state index in [1.54, 1.807) is 11.0 Å². The van der Waals surface area contributed by atoms with Crippen molar-refractivity contribution in [3.63, 3.8) is 0 Å². The van der Waals surface area contributed by atoms with Crippen LogP contribution in [-0.4, -0.2) is 55.6 Å². The number of fused-ring (bicyclic) bond motifs is 3. The summed E-state index contributed by atoms with van der Waals surface area (Å²) >= 11 is 0. The lowest BCUT2D eigenvalue weighted by atomic mass is 9.90. The van der Waals surface area contributed by atoms with Crippen LogP contribution in [0.4, 0.5) is 23.7 Å². The predicted molar refractivity (Wildman–Crippen MR) is 105 cm³/mol. The average molecular weight is 435 g/mol. The van der Waals surface area contributed by atoms with Crippen molar-refractivity contribution in [3.8, 4) is 11.5 Å². The van der Waals surface area contributed by atoms with E-state index in [0.29, 0.717) is 30.5 Å². The fourth-order valence-electron chi connectivity index (χ4n) is 4.02. The van der Waals surface area contributed by atoms with Gasteiger partial charge in [-0.2, -0.15) is 0 Å². The zero-order valence-electron chi connectivity index (χ0n) is 16.9. The molecule has 31 heavy (non-hydrogen) atoms. The number of carbonyl (C=O) groups excluding carboxylic acids is 2. The number of amides is 3. The van der Waals surface area contributed by atoms with Gasteiger partial charge in [-0.1, -0.05) is 0 Å². The van der Waals surface area contributed by atoms with Crippen molar-refractivity contribution >= 4 is 17.6 Å². The van der Waals surface area contributed by atoms with Crippen molar-refractivity contribution in [1.82, 2.24) is 9.80 Å². The summed E-state index contributed by atoms with van der Waals surface area (Å²) in [7, 11) is 3.04. The van der Waals surface area contributed by atoms with Gasteiger partial charge in [0, 0.05) is 13.1 Å². The molecule has 10 heteroatoms. The highest BCUT2D eigenvalue weighted by Gasteiger charge is 2.39. The molecule has 164 valence electrons. The highest BCUT2D eigenvalue weighted by atomic mass is 19.2. The lowest BCUT2D eigenvalue weighted by molar-refractivity contribution is -0.139. The minimum absolute atomic E-state index is 0.144. The van der Waals surface area contributed by atoms with Gasteiger partial charge >= 0.3 is 6.03 Å². The van der Waals surface area contributed by atoms with Crippen LogP contribution in [-0.2, 0) is 11.2 Å². The van der Waals surface area contributed by atoms with Gasteiger partial charge in [0.2, 0.25) is 5.91 Å². The molecule has 1 saturated heterocycles. The number of methoxy groups -OCH3 is 2. The minimum Gasteiger partial charge on any atom is -0.493 e. The van der Waals surface area contributed by atoms with Gasteiger partial charge in [0.15, 0.2) is 29.0 Å². The molecule has 0 spiro atoms. The Morgan fingerprint density at radius 2 is 1.81 bits per heavy atom. The van der Waals surface area contributed by atoms with Crippen LogP contribution < -0.4 is 14.8 Å². The summed E-state index contributed by atoms with van der Waals surface area (Å²) in [6.07, 6.45) is 0.629. The zero-order valence-corrected chi connectivity index (χ0v) is 16.9. The molecule has 1 fully saturated rings. The molecule has 0 radical (unpaired) electrons. The molecular formula is C21H20F3N3O4. The molecule has 4 rings (SSSR count). The molecule has 1 atom stereocenters. The van der Waals surface area contributed by atoms with Crippen molar-refractivity contribution < 1.29 is 32.2 Å². The van der Waals surface area contributed by atoms with Crippen molar-refractivity contribution in [2.24, 2.45) is 0 Å². The number of rotatable bonds is 3. The summed E-state index contributed by atoms with van der Waals surface area (Å²) in [5.41, 5.74) is 1.29. The first-order chi connectivity index (χ1) is 14.8. The van der Waals surface area contributed by atoms with E-state index in [9.17, 15) is 22.8 Å². The quantitative estimate of drug-likeness (QED) is 0.753. The van der Waals surface area contributed by atoms with E-state index in [1.807, 2.05) is 6.07 Å². The maximum Gasteiger partial charge on any atom is 0.322 e. The number of piperazine rings is 1. The standard InChI is InChI=1S/C21H20F3N3O4/c1-30-16-7-11-5-6-27-15(12(11)8-17(16)31-2)9-26(10-18(27)28)21(29)25-14-4-3-13(22)19(23)20(14)24/h3-4,7-8,15H,5-6,9-10H2,1-2H3,(H,25,29)/t15-/m1/s1. The number of anilines is 1. The van der Waals surface area contributed by atoms with Crippen LogP contribution in [0.1, 0.15) is 17.2 Å². The fraction of sp³-hybridized carbons (Fsp3) is 0.333. The summed E-state index contributed by atoms with van der Waals surface area (Å²) in [5, 5.41) is 2.22. The van der Waals surface area contributed by atoms with E-state index >= 15 is 0 Å². The monoisotopic (exact) mass is 435 g/mol. The first kappa shape index (κ1) is 20.8. The SMILES string of the molecule is COc1cc2c(cc1OC)[C@H]1CN(C(=O)Nc3ccc(F)c(F)c3F)CC(=O)N1CC2. The molecule has 0 saturated carbocycles. The molecule has 2 aromatic rings. The number of hydrogen-bond acceptors (Lipinski definition) is 4. The van der Waals surface area contributed by atoms with Crippen LogP contribution in [0.25, 0.3) is 0 Å². The summed E-state index contributed by atoms with van der Waals surface area (Å²) in [6.45, 7) is 0.418. The van der Waals surface area contributed by atoms with Crippen molar-refractivity contribution in [3.05, 3.63) is 52.8 Å². The Labute approximate surface area is 176 Å². The summed E-state index contributed by atoms with van der Waals surface area (Å²) in [6, 6.07) is 4.07. The second-order valence-corrected chi connectivity index (χ2v) is 7.29. The molecule has 0 aromatic heterocycles. The highest BCUT2D eigenvalue weighted by molar-refractivity contribution is 5.93. The smallest absolute Gasteiger partial charge is 0.322 e. The Morgan fingerprint density at radius 3 is 2.52 bits per heavy atom. The van der Waals surface area contributed by atoms with E-state index in [4.69, 9.17) is 9.47 Å². The molecule has 0 unspecified atom stereocenters. The second kappa shape index (κ2) is 8.01. The van der Waals surface area contributed by atoms with Crippen LogP contribution in [0, 0.1) is 17.5 Å². The van der Waals surface area contributed by atoms with E-state index in [0.717, 1.165) is 17.2 Å². The van der Waals surface area contributed by atoms with Gasteiger partial charge in [-0.15, -0.1) is 0 Å². The molecule has 2 aromatic carbocycles. The van der Waals surface area contributed by atoms with Crippen molar-refractivity contribution in [2.45, 2.75) is 12.5 Å². The number of nitrogens with zero attached hydrogens (tertiary/aromatic N) is 2. The number of nitrogens with one attached hydrogen (secondary N) is 1. The Bertz CT molecular complexity index is 1060. The lowest BCUT2D eigenvalue weighted by Gasteiger charge is -2.44. The molecule has 2 aliphatic rings. The van der Waals surface area contributed by atoms with Gasteiger partial charge in [-0.3, -0.25) is 4.79 Å². The van der Waals surface area contributed by atoms with Crippen LogP contribution in [0.5, 0.6) is 11.5 Å². The van der Waals surface area contributed by atoms with Crippen molar-refractivity contribution in [1.29, 1.82) is 0 Å². The first-order valence-electron chi connectivity index (χ1n) is 9.57. The minimum atomic E-state index is -1.68. The largest absolute Gasteiger partial charge is 0.493 e. The summed E-state index contributed by atoms with van der Waals surface area (Å²) in [4.78, 5) is 28.3. The molecule has 0 aliphatic carbocycles. The molecular weight excluding hydrogens is 415 g/mol. The van der Waals surface area contributed by atoms with E-state index in [1.165, 1.54) is 19.1 Å². The van der Waals surface area contributed by atoms with Crippen LogP contribution in [0.2, 0.25) is 0 Å². The van der Waals surface area contributed by atoms with Crippen LogP contribution in [0.15, 0.2) is 24.3 Å². The fourth-order valence-corrected chi connectivity index (χ4v) is 4.02. The molecule has 2 aliphatic heterocycles. The normalized spacial score (nSPS) is 17.7. The van der Waals surface area contributed by atoms with Gasteiger partial charge in [0.05, 0.1) is 25.9 Å². The summed E-state index contributed by atoms with van der Waals surface area (Å²) < 4.78 is 51.3. The first-order valence-corrected chi connectivity index (χ1v) is 9.57. The third-order valence-electron chi connectivity index (χ3n) is 5.61. The molecule has 2 heterocycles. The Kier molecular flexibility index (Phi) is 5.38. The van der Waals surface area contributed by atoms with Gasteiger partial charge in [0.1, 0.15) is 6.54 Å². The third kappa shape index (κ3) is 3.62. The van der Waals surface area contributed by atoms with Gasteiger partial charge < -0.3 is 24.6 Å². The maximum absolute atomic E-state index is 13.9. The topological polar surface area (TPSA) is 71.1 Å². The van der Waals surface area contributed by atoms with Crippen molar-refractivity contribution in [2.75, 3.05) is 39.2 Å². The van der Waals surface area contributed by atoms with Crippen LogP contribution >= 0.6 is 0 Å². The second-order valence-electron chi connectivity index (χ2n) is 7.29. The zero-order chi connectivity index (χ0) is 22.3. The molecule has 1 N–H and O–H groups in total. The third-order valence-corrected chi connectivity index (χ3v) is 5.61. The number of urea groups is 1. The Hall–Kier alpha value is -3.43. The Morgan fingerprint density at radius 1 is 1.10 bits per heavy atom. The molecule has 3 amide bonds. The Balaban J connectivity index is 1.60. The number of ether oxygens (including phenoxy) is 2. The van der Waals surface area contributed by atoms with Gasteiger partial charge in [0.25, 0.3) is 0 Å². The maximum atomic E-state index is 13.9. The van der Waals surface area contributed by atoms with Gasteiger partial charge in [-0.05, 0) is 41.8 Å². The van der Waals surface area contributed by atoms with Crippen LogP contribution in [0.3, 0.4) is 0 Å². The number of benzene rings is 2.